The quantitative estimate of drug-likeness (QED) is 0.686. The molecule has 0 aliphatic rings. The van der Waals surface area contributed by atoms with Crippen molar-refractivity contribution in [3.63, 3.8) is 0 Å². The van der Waals surface area contributed by atoms with E-state index in [-0.39, 0.29) is 11.8 Å². The Hall–Kier alpha value is -1.15. The van der Waals surface area contributed by atoms with Crippen LogP contribution in [-0.2, 0) is 0 Å². The first kappa shape index (κ1) is 14.9. The van der Waals surface area contributed by atoms with Crippen molar-refractivity contribution in [2.45, 2.75) is 40.2 Å². The van der Waals surface area contributed by atoms with E-state index < -0.39 is 0 Å². The largest absolute Gasteiger partial charge is 0.294 e. The fourth-order valence-electron chi connectivity index (χ4n) is 2.10. The van der Waals surface area contributed by atoms with Gasteiger partial charge in [0.05, 0.1) is 6.04 Å². The van der Waals surface area contributed by atoms with Crippen LogP contribution in [0.1, 0.15) is 44.5 Å². The number of benzene rings is 1. The van der Waals surface area contributed by atoms with Crippen LogP contribution in [0.25, 0.3) is 0 Å². The molecule has 0 aliphatic carbocycles. The van der Waals surface area contributed by atoms with Crippen molar-refractivity contribution in [1.29, 1.82) is 0 Å². The molecule has 0 heterocycles. The molecule has 0 N–H and O–H groups in total. The minimum Gasteiger partial charge on any atom is -0.294 e. The average Bonchev–Trinajstić information content (AvgIpc) is 2.43. The normalized spacial score (nSPS) is 14.5. The van der Waals surface area contributed by atoms with Crippen molar-refractivity contribution in [3.05, 3.63) is 35.9 Å². The van der Waals surface area contributed by atoms with Crippen LogP contribution in [-0.4, -0.2) is 29.8 Å². The second-order valence-electron chi connectivity index (χ2n) is 5.01. The number of likely N-dealkylation sites (N-methyl/N-ethyl adjacent to an activating group) is 1. The maximum Gasteiger partial charge on any atom is 0.179 e. The van der Waals surface area contributed by atoms with Crippen molar-refractivity contribution < 1.29 is 4.79 Å². The highest BCUT2D eigenvalue weighted by molar-refractivity contribution is 5.99. The summed E-state index contributed by atoms with van der Waals surface area (Å²) >= 11 is 0. The minimum absolute atomic E-state index is 0.0357. The summed E-state index contributed by atoms with van der Waals surface area (Å²) in [6.07, 6.45) is 1.16. The number of Topliss-reactive ketones (excluding diaryl/α,β-unsaturated/α-hetero) is 1. The standard InChI is InChI=1S/C16H25NO/c1-5-13(3)12-17(6-2)14(4)16(18)15-10-8-7-9-11-15/h7-11,13-14H,5-6,12H2,1-4H3. The van der Waals surface area contributed by atoms with Crippen LogP contribution in [0.4, 0.5) is 0 Å². The van der Waals surface area contributed by atoms with Gasteiger partial charge in [0, 0.05) is 12.1 Å². The van der Waals surface area contributed by atoms with Crippen molar-refractivity contribution in [2.24, 2.45) is 5.92 Å². The van der Waals surface area contributed by atoms with E-state index in [9.17, 15) is 4.79 Å². The molecule has 0 saturated heterocycles. The SMILES string of the molecule is CCC(C)CN(CC)C(C)C(=O)c1ccccc1. The predicted octanol–water partition coefficient (Wildman–Crippen LogP) is 3.63. The number of hydrogen-bond donors (Lipinski definition) is 0. The van der Waals surface area contributed by atoms with Crippen molar-refractivity contribution in [1.82, 2.24) is 4.90 Å². The molecule has 0 radical (unpaired) electrons. The van der Waals surface area contributed by atoms with Crippen LogP contribution in [0.2, 0.25) is 0 Å². The summed E-state index contributed by atoms with van der Waals surface area (Å²) in [5, 5.41) is 0. The molecule has 1 aromatic carbocycles. The van der Waals surface area contributed by atoms with Crippen LogP contribution in [0.3, 0.4) is 0 Å². The summed E-state index contributed by atoms with van der Waals surface area (Å²) in [6, 6.07) is 9.55. The number of carbonyl (C=O) groups excluding carboxylic acids is 1. The Bertz CT molecular complexity index is 361. The van der Waals surface area contributed by atoms with E-state index in [0.29, 0.717) is 5.92 Å². The number of nitrogens with zero attached hydrogens (tertiary/aromatic N) is 1. The third-order valence-corrected chi connectivity index (χ3v) is 3.63. The average molecular weight is 247 g/mol. The molecule has 0 amide bonds. The lowest BCUT2D eigenvalue weighted by Gasteiger charge is -2.29. The Morgan fingerprint density at radius 1 is 1.17 bits per heavy atom. The van der Waals surface area contributed by atoms with E-state index in [0.717, 1.165) is 25.1 Å². The zero-order valence-corrected chi connectivity index (χ0v) is 12.0. The van der Waals surface area contributed by atoms with Gasteiger partial charge in [0.1, 0.15) is 0 Å². The van der Waals surface area contributed by atoms with E-state index >= 15 is 0 Å². The predicted molar refractivity (Wildman–Crippen MR) is 76.9 cm³/mol. The first-order valence-electron chi connectivity index (χ1n) is 6.93. The fourth-order valence-corrected chi connectivity index (χ4v) is 2.10. The highest BCUT2D eigenvalue weighted by atomic mass is 16.1. The summed E-state index contributed by atoms with van der Waals surface area (Å²) in [5.74, 6) is 0.858. The Labute approximate surface area is 111 Å². The van der Waals surface area contributed by atoms with E-state index in [2.05, 4.69) is 25.7 Å². The van der Waals surface area contributed by atoms with Gasteiger partial charge in [0.15, 0.2) is 5.78 Å². The second-order valence-corrected chi connectivity index (χ2v) is 5.01. The molecule has 0 aliphatic heterocycles. The van der Waals surface area contributed by atoms with Crippen LogP contribution in [0.15, 0.2) is 30.3 Å². The third kappa shape index (κ3) is 3.95. The molecule has 100 valence electrons. The lowest BCUT2D eigenvalue weighted by molar-refractivity contribution is 0.0825. The highest BCUT2D eigenvalue weighted by Gasteiger charge is 2.22. The van der Waals surface area contributed by atoms with Gasteiger partial charge in [-0.15, -0.1) is 0 Å². The Balaban J connectivity index is 2.72. The molecule has 2 nitrogen and oxygen atoms in total. The fraction of sp³-hybridized carbons (Fsp3) is 0.562. The Morgan fingerprint density at radius 2 is 1.78 bits per heavy atom. The van der Waals surface area contributed by atoms with Gasteiger partial charge in [-0.25, -0.2) is 0 Å². The molecule has 0 bridgehead atoms. The van der Waals surface area contributed by atoms with Gasteiger partial charge < -0.3 is 0 Å². The van der Waals surface area contributed by atoms with Crippen LogP contribution in [0, 0.1) is 5.92 Å². The van der Waals surface area contributed by atoms with Crippen molar-refractivity contribution in [2.75, 3.05) is 13.1 Å². The molecule has 2 atom stereocenters. The summed E-state index contributed by atoms with van der Waals surface area (Å²) in [5.41, 5.74) is 0.813. The smallest absolute Gasteiger partial charge is 0.179 e. The molecule has 2 unspecified atom stereocenters. The van der Waals surface area contributed by atoms with Gasteiger partial charge in [0.2, 0.25) is 0 Å². The van der Waals surface area contributed by atoms with E-state index in [1.165, 1.54) is 0 Å². The molecule has 0 spiro atoms. The maximum absolute atomic E-state index is 12.4. The second kappa shape index (κ2) is 7.32. The maximum atomic E-state index is 12.4. The zero-order valence-electron chi connectivity index (χ0n) is 12.0. The van der Waals surface area contributed by atoms with Crippen molar-refractivity contribution >= 4 is 5.78 Å². The molecule has 2 heteroatoms. The first-order chi connectivity index (χ1) is 8.60. The van der Waals surface area contributed by atoms with Gasteiger partial charge in [-0.05, 0) is 19.4 Å². The topological polar surface area (TPSA) is 20.3 Å². The van der Waals surface area contributed by atoms with Gasteiger partial charge in [-0.2, -0.15) is 0 Å². The van der Waals surface area contributed by atoms with Crippen LogP contribution < -0.4 is 0 Å². The van der Waals surface area contributed by atoms with E-state index in [1.54, 1.807) is 0 Å². The van der Waals surface area contributed by atoms with Crippen LogP contribution >= 0.6 is 0 Å². The molecular formula is C16H25NO. The number of carbonyl (C=O) groups is 1. The zero-order chi connectivity index (χ0) is 13.5. The summed E-state index contributed by atoms with van der Waals surface area (Å²) < 4.78 is 0. The Kier molecular flexibility index (Phi) is 6.06. The summed E-state index contributed by atoms with van der Waals surface area (Å²) in [4.78, 5) is 14.6. The molecule has 0 fully saturated rings. The van der Waals surface area contributed by atoms with Gasteiger partial charge in [-0.3, -0.25) is 9.69 Å². The van der Waals surface area contributed by atoms with Crippen molar-refractivity contribution in [3.8, 4) is 0 Å². The summed E-state index contributed by atoms with van der Waals surface area (Å²) in [6.45, 7) is 10.5. The van der Waals surface area contributed by atoms with E-state index in [1.807, 2.05) is 37.3 Å². The van der Waals surface area contributed by atoms with Gasteiger partial charge in [0.25, 0.3) is 0 Å². The van der Waals surface area contributed by atoms with E-state index in [4.69, 9.17) is 0 Å². The third-order valence-electron chi connectivity index (χ3n) is 3.63. The first-order valence-corrected chi connectivity index (χ1v) is 6.93. The van der Waals surface area contributed by atoms with Crippen LogP contribution in [0.5, 0.6) is 0 Å². The highest BCUT2D eigenvalue weighted by Crippen LogP contribution is 2.12. The molecule has 1 rings (SSSR count). The molecule has 1 aromatic rings. The molecule has 18 heavy (non-hydrogen) atoms. The molecule has 0 aromatic heterocycles. The van der Waals surface area contributed by atoms with Gasteiger partial charge >= 0.3 is 0 Å². The molecule has 0 saturated carbocycles. The number of hydrogen-bond acceptors (Lipinski definition) is 2. The number of ketones is 1. The molecular weight excluding hydrogens is 222 g/mol. The monoisotopic (exact) mass is 247 g/mol. The summed E-state index contributed by atoms with van der Waals surface area (Å²) in [7, 11) is 0. The lowest BCUT2D eigenvalue weighted by atomic mass is 10.0. The van der Waals surface area contributed by atoms with Gasteiger partial charge in [-0.1, -0.05) is 57.5 Å². The number of rotatable bonds is 7. The Morgan fingerprint density at radius 3 is 2.28 bits per heavy atom. The lowest BCUT2D eigenvalue weighted by Crippen LogP contribution is -2.41. The minimum atomic E-state index is -0.0357.